The average Bonchev–Trinajstić information content (AvgIpc) is 2.76. The minimum atomic E-state index is -0.670. The lowest BCUT2D eigenvalue weighted by molar-refractivity contribution is -0.139. The van der Waals surface area contributed by atoms with Crippen molar-refractivity contribution < 1.29 is 24.2 Å². The number of ether oxygens (including phenoxy) is 2. The third kappa shape index (κ3) is 4.45. The van der Waals surface area contributed by atoms with Crippen molar-refractivity contribution in [1.29, 1.82) is 0 Å². The molecule has 5 nitrogen and oxygen atoms in total. The molecule has 5 heteroatoms. The van der Waals surface area contributed by atoms with E-state index in [1.165, 1.54) is 0 Å². The molecule has 0 amide bonds. The van der Waals surface area contributed by atoms with Gasteiger partial charge in [-0.3, -0.25) is 0 Å². The number of carbonyl (C=O) groups excluding carboxylic acids is 2. The van der Waals surface area contributed by atoms with Gasteiger partial charge in [-0.05, 0) is 38.3 Å². The van der Waals surface area contributed by atoms with Crippen molar-refractivity contribution in [3.05, 3.63) is 47.6 Å². The lowest BCUT2D eigenvalue weighted by atomic mass is 9.87. The molecular weight excluding hydrogens is 308 g/mol. The highest BCUT2D eigenvalue weighted by Crippen LogP contribution is 2.34. The Morgan fingerprint density at radius 1 is 1.46 bits per heavy atom. The van der Waals surface area contributed by atoms with Gasteiger partial charge in [-0.25, -0.2) is 9.59 Å². The first-order valence-corrected chi connectivity index (χ1v) is 8.05. The fourth-order valence-corrected chi connectivity index (χ4v) is 2.93. The molecule has 1 fully saturated rings. The SMILES string of the molecule is C=C(C)C(=O)OC/C1=C/[C@H]2OC(=O)C(=C)[C@@H]2CC/C(C)=C\[C@@H](O)C1. The van der Waals surface area contributed by atoms with E-state index in [1.807, 2.05) is 6.92 Å². The Balaban J connectivity index is 2.24. The zero-order valence-electron chi connectivity index (χ0n) is 14.2. The highest BCUT2D eigenvalue weighted by Gasteiger charge is 2.37. The zero-order valence-corrected chi connectivity index (χ0v) is 14.2. The van der Waals surface area contributed by atoms with Crippen LogP contribution >= 0.6 is 0 Å². The molecule has 24 heavy (non-hydrogen) atoms. The van der Waals surface area contributed by atoms with Crippen LogP contribution in [-0.4, -0.2) is 35.9 Å². The van der Waals surface area contributed by atoms with Crippen molar-refractivity contribution in [1.82, 2.24) is 0 Å². The molecule has 2 rings (SSSR count). The van der Waals surface area contributed by atoms with Crippen LogP contribution in [0.4, 0.5) is 0 Å². The number of esters is 2. The van der Waals surface area contributed by atoms with Crippen LogP contribution in [0.25, 0.3) is 0 Å². The van der Waals surface area contributed by atoms with E-state index >= 15 is 0 Å². The monoisotopic (exact) mass is 332 g/mol. The van der Waals surface area contributed by atoms with Gasteiger partial charge < -0.3 is 14.6 Å². The molecule has 1 N–H and O–H groups in total. The van der Waals surface area contributed by atoms with E-state index in [4.69, 9.17) is 9.47 Å². The van der Waals surface area contributed by atoms with Crippen LogP contribution in [0.1, 0.15) is 33.1 Å². The van der Waals surface area contributed by atoms with Crippen molar-refractivity contribution in [3.8, 4) is 0 Å². The predicted molar refractivity (Wildman–Crippen MR) is 90.0 cm³/mol. The smallest absolute Gasteiger partial charge is 0.334 e. The van der Waals surface area contributed by atoms with Gasteiger partial charge in [0.1, 0.15) is 12.7 Å². The number of aliphatic hydroxyl groups excluding tert-OH is 1. The Bertz CT molecular complexity index is 626. The Hall–Kier alpha value is -2.14. The van der Waals surface area contributed by atoms with Crippen molar-refractivity contribution in [2.45, 2.75) is 45.3 Å². The minimum Gasteiger partial charge on any atom is -0.458 e. The van der Waals surface area contributed by atoms with E-state index in [0.29, 0.717) is 23.1 Å². The molecule has 2 aliphatic rings. The molecule has 1 heterocycles. The highest BCUT2D eigenvalue weighted by atomic mass is 16.6. The standard InChI is InChI=1S/C19H24O5/c1-11(2)18(21)23-10-14-8-15(20)7-12(3)5-6-16-13(4)19(22)24-17(16)9-14/h7,9,15-17,20H,1,4-6,8,10H2,2-3H3/b12-7-,14-9+/t15-,16+,17-/m1/s1. The second-order valence-corrected chi connectivity index (χ2v) is 6.51. The van der Waals surface area contributed by atoms with Crippen molar-refractivity contribution in [2.75, 3.05) is 6.61 Å². The second kappa shape index (κ2) is 7.62. The first kappa shape index (κ1) is 18.2. The van der Waals surface area contributed by atoms with Crippen molar-refractivity contribution in [3.63, 3.8) is 0 Å². The molecule has 1 saturated heterocycles. The van der Waals surface area contributed by atoms with Gasteiger partial charge in [0, 0.05) is 23.5 Å². The zero-order chi connectivity index (χ0) is 17.9. The molecule has 0 bridgehead atoms. The van der Waals surface area contributed by atoms with E-state index in [2.05, 4.69) is 13.2 Å². The summed E-state index contributed by atoms with van der Waals surface area (Å²) in [7, 11) is 0. The van der Waals surface area contributed by atoms with E-state index in [0.717, 1.165) is 18.4 Å². The lowest BCUT2D eigenvalue weighted by Gasteiger charge is -2.20. The maximum atomic E-state index is 11.8. The molecule has 1 aliphatic carbocycles. The van der Waals surface area contributed by atoms with Crippen LogP contribution in [0.3, 0.4) is 0 Å². The van der Waals surface area contributed by atoms with Gasteiger partial charge in [-0.15, -0.1) is 0 Å². The fourth-order valence-electron chi connectivity index (χ4n) is 2.93. The predicted octanol–water partition coefficient (Wildman–Crippen LogP) is 2.62. The first-order chi connectivity index (χ1) is 11.3. The molecule has 130 valence electrons. The molecule has 0 aromatic heterocycles. The third-order valence-electron chi connectivity index (χ3n) is 4.28. The van der Waals surface area contributed by atoms with Gasteiger partial charge in [-0.1, -0.05) is 24.8 Å². The second-order valence-electron chi connectivity index (χ2n) is 6.51. The van der Waals surface area contributed by atoms with Crippen LogP contribution in [0, 0.1) is 5.92 Å². The maximum absolute atomic E-state index is 11.8. The Kier molecular flexibility index (Phi) is 5.78. The minimum absolute atomic E-state index is 0.0306. The number of hydrogen-bond donors (Lipinski definition) is 1. The molecule has 3 atom stereocenters. The largest absolute Gasteiger partial charge is 0.458 e. The van der Waals surface area contributed by atoms with Crippen LogP contribution in [-0.2, 0) is 19.1 Å². The average molecular weight is 332 g/mol. The van der Waals surface area contributed by atoms with Crippen LogP contribution < -0.4 is 0 Å². The summed E-state index contributed by atoms with van der Waals surface area (Å²) in [5, 5.41) is 10.2. The van der Waals surface area contributed by atoms with Gasteiger partial charge >= 0.3 is 11.9 Å². The Labute approximate surface area is 142 Å². The number of fused-ring (bicyclic) bond motifs is 1. The third-order valence-corrected chi connectivity index (χ3v) is 4.28. The number of aliphatic hydroxyl groups is 1. The summed E-state index contributed by atoms with van der Waals surface area (Å²) >= 11 is 0. The molecule has 0 aromatic rings. The molecule has 0 radical (unpaired) electrons. The number of hydrogen-bond acceptors (Lipinski definition) is 5. The van der Waals surface area contributed by atoms with E-state index in [9.17, 15) is 14.7 Å². The van der Waals surface area contributed by atoms with Crippen LogP contribution in [0.15, 0.2) is 47.6 Å². The van der Waals surface area contributed by atoms with E-state index < -0.39 is 18.2 Å². The summed E-state index contributed by atoms with van der Waals surface area (Å²) in [5.41, 5.74) is 2.54. The van der Waals surface area contributed by atoms with Crippen LogP contribution in [0.5, 0.6) is 0 Å². The topological polar surface area (TPSA) is 72.8 Å². The van der Waals surface area contributed by atoms with E-state index in [-0.39, 0.29) is 18.5 Å². The van der Waals surface area contributed by atoms with Crippen molar-refractivity contribution in [2.24, 2.45) is 5.92 Å². The highest BCUT2D eigenvalue weighted by molar-refractivity contribution is 5.91. The normalized spacial score (nSPS) is 31.9. The summed E-state index contributed by atoms with van der Waals surface area (Å²) in [4.78, 5) is 23.4. The van der Waals surface area contributed by atoms with Gasteiger partial charge in [0.05, 0.1) is 6.10 Å². The summed E-state index contributed by atoms with van der Waals surface area (Å²) in [6.07, 6.45) is 4.28. The molecule has 0 aromatic carbocycles. The van der Waals surface area contributed by atoms with Crippen molar-refractivity contribution >= 4 is 11.9 Å². The molecule has 0 saturated carbocycles. The van der Waals surface area contributed by atoms with Gasteiger partial charge in [0.25, 0.3) is 0 Å². The maximum Gasteiger partial charge on any atom is 0.334 e. The first-order valence-electron chi connectivity index (χ1n) is 8.05. The fraction of sp³-hybridized carbons (Fsp3) is 0.474. The molecular formula is C19H24O5. The molecule has 1 aliphatic heterocycles. The molecule has 0 spiro atoms. The number of carbonyl (C=O) groups is 2. The Morgan fingerprint density at radius 2 is 2.17 bits per heavy atom. The van der Waals surface area contributed by atoms with Gasteiger partial charge in [0.2, 0.25) is 0 Å². The van der Waals surface area contributed by atoms with Gasteiger partial charge in [0.15, 0.2) is 0 Å². The summed E-state index contributed by atoms with van der Waals surface area (Å²) < 4.78 is 10.6. The Morgan fingerprint density at radius 3 is 2.83 bits per heavy atom. The quantitative estimate of drug-likeness (QED) is 0.489. The summed E-state index contributed by atoms with van der Waals surface area (Å²) in [6, 6.07) is 0. The number of allylic oxidation sites excluding steroid dienone is 1. The summed E-state index contributed by atoms with van der Waals surface area (Å²) in [6.45, 7) is 10.9. The van der Waals surface area contributed by atoms with E-state index in [1.54, 1.807) is 19.1 Å². The lowest BCUT2D eigenvalue weighted by Crippen LogP contribution is -2.19. The van der Waals surface area contributed by atoms with Gasteiger partial charge in [-0.2, -0.15) is 0 Å². The summed E-state index contributed by atoms with van der Waals surface area (Å²) in [5.74, 6) is -0.970. The molecule has 0 unspecified atom stereocenters. The number of rotatable bonds is 3. The van der Waals surface area contributed by atoms with Crippen LogP contribution in [0.2, 0.25) is 0 Å².